The number of aromatic nitrogens is 1. The number of unbranched alkanes of at least 4 members (excludes halogenated alkanes) is 3. The van der Waals surface area contributed by atoms with Crippen molar-refractivity contribution in [3.05, 3.63) is 11.2 Å². The second-order valence-electron chi connectivity index (χ2n) is 5.27. The first-order chi connectivity index (χ1) is 9.65. The lowest BCUT2D eigenvalue weighted by molar-refractivity contribution is 0.0521. The summed E-state index contributed by atoms with van der Waals surface area (Å²) in [5, 5.41) is 4.11. The summed E-state index contributed by atoms with van der Waals surface area (Å²) in [7, 11) is 0. The molecule has 1 aromatic rings. The Balaban J connectivity index is 2.19. The number of hydrogen-bond acceptors (Lipinski definition) is 5. The predicted molar refractivity (Wildman–Crippen MR) is 84.5 cm³/mol. The molecule has 1 N–H and O–H groups in total. The van der Waals surface area contributed by atoms with Crippen LogP contribution in [0.3, 0.4) is 0 Å². The minimum atomic E-state index is -0.340. The van der Waals surface area contributed by atoms with E-state index in [9.17, 15) is 4.79 Å². The number of nitrogens with zero attached hydrogens (tertiary/aromatic N) is 1. The van der Waals surface area contributed by atoms with E-state index in [2.05, 4.69) is 24.1 Å². The second-order valence-corrected chi connectivity index (χ2v) is 6.13. The number of esters is 1. The van der Waals surface area contributed by atoms with E-state index in [4.69, 9.17) is 4.74 Å². The first-order valence-electron chi connectivity index (χ1n) is 7.49. The van der Waals surface area contributed by atoms with Crippen molar-refractivity contribution < 1.29 is 9.53 Å². The predicted octanol–water partition coefficient (Wildman–Crippen LogP) is 4.34. The lowest BCUT2D eigenvalue weighted by Crippen LogP contribution is -2.09. The quantitative estimate of drug-likeness (QED) is 0.516. The molecule has 1 rings (SSSR count). The molecule has 0 aliphatic carbocycles. The van der Waals surface area contributed by atoms with Crippen LogP contribution < -0.4 is 5.32 Å². The molecule has 0 bridgehead atoms. The molecule has 0 amide bonds. The first kappa shape index (κ1) is 17.0. The third kappa shape index (κ3) is 6.37. The zero-order chi connectivity index (χ0) is 14.8. The Hall–Kier alpha value is -1.10. The van der Waals surface area contributed by atoms with E-state index in [0.717, 1.165) is 23.9 Å². The monoisotopic (exact) mass is 298 g/mol. The van der Waals surface area contributed by atoms with Crippen molar-refractivity contribution >= 4 is 22.3 Å². The maximum absolute atomic E-state index is 11.6. The summed E-state index contributed by atoms with van der Waals surface area (Å²) in [6.45, 7) is 7.60. The zero-order valence-corrected chi connectivity index (χ0v) is 13.6. The van der Waals surface area contributed by atoms with E-state index in [1.54, 1.807) is 12.4 Å². The Bertz CT molecular complexity index is 391. The van der Waals surface area contributed by atoms with Crippen molar-refractivity contribution in [3.63, 3.8) is 0 Å². The Kier molecular flexibility index (Phi) is 8.26. The van der Waals surface area contributed by atoms with E-state index in [1.165, 1.54) is 37.0 Å². The van der Waals surface area contributed by atoms with E-state index >= 15 is 0 Å². The average Bonchev–Trinajstić information content (AvgIpc) is 2.86. The zero-order valence-electron chi connectivity index (χ0n) is 12.8. The van der Waals surface area contributed by atoms with Crippen LogP contribution in [0.15, 0.2) is 5.51 Å². The number of hydrogen-bond donors (Lipinski definition) is 1. The number of ether oxygens (including phenoxy) is 1. The van der Waals surface area contributed by atoms with Gasteiger partial charge in [-0.15, -0.1) is 11.3 Å². The average molecular weight is 298 g/mol. The molecule has 0 aliphatic rings. The fourth-order valence-corrected chi connectivity index (χ4v) is 2.65. The van der Waals surface area contributed by atoms with Crippen molar-refractivity contribution in [2.24, 2.45) is 5.92 Å². The molecule has 0 saturated heterocycles. The van der Waals surface area contributed by atoms with Crippen LogP contribution in [-0.4, -0.2) is 24.1 Å². The molecule has 0 aromatic carbocycles. The lowest BCUT2D eigenvalue weighted by Gasteiger charge is -2.07. The molecule has 0 saturated carbocycles. The summed E-state index contributed by atoms with van der Waals surface area (Å²) in [5.74, 6) is 0.464. The standard InChI is InChI=1S/C15H26N2O2S/c1-4-19-15(18)13-14(20-11-17-13)16-10-8-6-5-7-9-12(2)3/h11-12,16H,4-10H2,1-3H3. The largest absolute Gasteiger partial charge is 0.461 e. The highest BCUT2D eigenvalue weighted by atomic mass is 32.1. The number of nitrogens with one attached hydrogen (secondary N) is 1. The van der Waals surface area contributed by atoms with Gasteiger partial charge in [0.2, 0.25) is 0 Å². The fraction of sp³-hybridized carbons (Fsp3) is 0.733. The van der Waals surface area contributed by atoms with Gasteiger partial charge in [-0.3, -0.25) is 0 Å². The highest BCUT2D eigenvalue weighted by Gasteiger charge is 2.15. The third-order valence-corrected chi connectivity index (χ3v) is 3.81. The highest BCUT2D eigenvalue weighted by Crippen LogP contribution is 2.21. The minimum Gasteiger partial charge on any atom is -0.461 e. The second kappa shape index (κ2) is 9.75. The Morgan fingerprint density at radius 3 is 2.80 bits per heavy atom. The van der Waals surface area contributed by atoms with Gasteiger partial charge in [-0.25, -0.2) is 9.78 Å². The van der Waals surface area contributed by atoms with Gasteiger partial charge in [0, 0.05) is 6.54 Å². The smallest absolute Gasteiger partial charge is 0.360 e. The minimum absolute atomic E-state index is 0.340. The van der Waals surface area contributed by atoms with Gasteiger partial charge < -0.3 is 10.1 Å². The van der Waals surface area contributed by atoms with Gasteiger partial charge in [0.15, 0.2) is 5.69 Å². The molecule has 5 heteroatoms. The van der Waals surface area contributed by atoms with Crippen molar-refractivity contribution in [1.82, 2.24) is 4.98 Å². The van der Waals surface area contributed by atoms with Crippen LogP contribution in [-0.2, 0) is 4.74 Å². The van der Waals surface area contributed by atoms with Crippen molar-refractivity contribution in [3.8, 4) is 0 Å². The molecule has 0 spiro atoms. The summed E-state index contributed by atoms with van der Waals surface area (Å²) in [5.41, 5.74) is 2.09. The van der Waals surface area contributed by atoms with Crippen LogP contribution >= 0.6 is 11.3 Å². The lowest BCUT2D eigenvalue weighted by atomic mass is 10.0. The van der Waals surface area contributed by atoms with Crippen molar-refractivity contribution in [2.75, 3.05) is 18.5 Å². The number of rotatable bonds is 10. The summed E-state index contributed by atoms with van der Waals surface area (Å²) in [4.78, 5) is 15.7. The van der Waals surface area contributed by atoms with Gasteiger partial charge in [0.1, 0.15) is 5.00 Å². The van der Waals surface area contributed by atoms with Crippen LogP contribution in [0.2, 0.25) is 0 Å². The van der Waals surface area contributed by atoms with E-state index in [1.807, 2.05) is 0 Å². The van der Waals surface area contributed by atoms with E-state index in [0.29, 0.717) is 12.3 Å². The van der Waals surface area contributed by atoms with Crippen LogP contribution in [0.25, 0.3) is 0 Å². The molecule has 114 valence electrons. The molecular weight excluding hydrogens is 272 g/mol. The van der Waals surface area contributed by atoms with Gasteiger partial charge in [-0.2, -0.15) is 0 Å². The van der Waals surface area contributed by atoms with Crippen LogP contribution in [0.5, 0.6) is 0 Å². The number of carbonyl (C=O) groups excluding carboxylic acids is 1. The third-order valence-electron chi connectivity index (χ3n) is 3.03. The molecule has 0 radical (unpaired) electrons. The normalized spacial score (nSPS) is 10.8. The molecule has 4 nitrogen and oxygen atoms in total. The topological polar surface area (TPSA) is 51.2 Å². The summed E-state index contributed by atoms with van der Waals surface area (Å²) in [6, 6.07) is 0. The summed E-state index contributed by atoms with van der Waals surface area (Å²) < 4.78 is 4.97. The van der Waals surface area contributed by atoms with Crippen molar-refractivity contribution in [1.29, 1.82) is 0 Å². The van der Waals surface area contributed by atoms with Crippen LogP contribution in [0.1, 0.15) is 63.4 Å². The Labute approximate surface area is 125 Å². The highest BCUT2D eigenvalue weighted by molar-refractivity contribution is 7.14. The molecule has 0 fully saturated rings. The number of anilines is 1. The van der Waals surface area contributed by atoms with Gasteiger partial charge in [-0.1, -0.05) is 39.5 Å². The maximum atomic E-state index is 11.6. The van der Waals surface area contributed by atoms with Gasteiger partial charge in [-0.05, 0) is 19.3 Å². The van der Waals surface area contributed by atoms with E-state index < -0.39 is 0 Å². The molecule has 0 unspecified atom stereocenters. The molecule has 0 atom stereocenters. The van der Waals surface area contributed by atoms with Crippen LogP contribution in [0, 0.1) is 5.92 Å². The molecule has 0 aliphatic heterocycles. The van der Waals surface area contributed by atoms with Gasteiger partial charge in [0.05, 0.1) is 12.1 Å². The van der Waals surface area contributed by atoms with E-state index in [-0.39, 0.29) is 5.97 Å². The van der Waals surface area contributed by atoms with Crippen molar-refractivity contribution in [2.45, 2.75) is 52.9 Å². The molecule has 1 aromatic heterocycles. The van der Waals surface area contributed by atoms with Gasteiger partial charge in [0.25, 0.3) is 0 Å². The van der Waals surface area contributed by atoms with Gasteiger partial charge >= 0.3 is 5.97 Å². The van der Waals surface area contributed by atoms with Crippen LogP contribution in [0.4, 0.5) is 5.00 Å². The summed E-state index contributed by atoms with van der Waals surface area (Å²) in [6.07, 6.45) is 6.26. The number of thiazole rings is 1. The Morgan fingerprint density at radius 1 is 1.35 bits per heavy atom. The number of carbonyl (C=O) groups is 1. The SMILES string of the molecule is CCOC(=O)c1ncsc1NCCCCCCC(C)C. The molecule has 1 heterocycles. The first-order valence-corrected chi connectivity index (χ1v) is 8.37. The molecule has 20 heavy (non-hydrogen) atoms. The maximum Gasteiger partial charge on any atom is 0.360 e. The summed E-state index contributed by atoms with van der Waals surface area (Å²) >= 11 is 1.45. The Morgan fingerprint density at radius 2 is 2.10 bits per heavy atom. The fourth-order valence-electron chi connectivity index (χ4n) is 1.95. The molecular formula is C15H26N2O2S.